The normalized spacial score (nSPS) is 10.6. The van der Waals surface area contributed by atoms with Crippen molar-refractivity contribution < 1.29 is 0 Å². The smallest absolute Gasteiger partial charge is 0.0518 e. The summed E-state index contributed by atoms with van der Waals surface area (Å²) in [7, 11) is 1.94. The van der Waals surface area contributed by atoms with Crippen molar-refractivity contribution in [3.63, 3.8) is 0 Å². The van der Waals surface area contributed by atoms with Crippen molar-refractivity contribution in [3.8, 4) is 0 Å². The second-order valence-electron chi connectivity index (χ2n) is 3.68. The molecular weight excluding hydrogens is 222 g/mol. The van der Waals surface area contributed by atoms with Gasteiger partial charge in [-0.1, -0.05) is 23.7 Å². The van der Waals surface area contributed by atoms with Gasteiger partial charge in [-0.2, -0.15) is 5.10 Å². The fourth-order valence-electron chi connectivity index (χ4n) is 1.51. The highest BCUT2D eigenvalue weighted by molar-refractivity contribution is 6.30. The third-order valence-electron chi connectivity index (χ3n) is 2.47. The second kappa shape index (κ2) is 5.14. The quantitative estimate of drug-likeness (QED) is 0.882. The third-order valence-corrected chi connectivity index (χ3v) is 2.72. The van der Waals surface area contributed by atoms with Crippen molar-refractivity contribution in [1.29, 1.82) is 0 Å². The van der Waals surface area contributed by atoms with Crippen molar-refractivity contribution in [2.24, 2.45) is 7.05 Å². The minimum atomic E-state index is 0.774. The van der Waals surface area contributed by atoms with Gasteiger partial charge in [0.05, 0.1) is 5.69 Å². The van der Waals surface area contributed by atoms with E-state index in [1.807, 2.05) is 42.1 Å². The van der Waals surface area contributed by atoms with Crippen LogP contribution in [0, 0.1) is 0 Å². The molecule has 2 rings (SSSR count). The maximum atomic E-state index is 5.82. The number of hydrogen-bond acceptors (Lipinski definition) is 2. The summed E-state index contributed by atoms with van der Waals surface area (Å²) < 4.78 is 1.87. The lowest BCUT2D eigenvalue weighted by atomic mass is 10.2. The molecule has 0 fully saturated rings. The van der Waals surface area contributed by atoms with E-state index in [0.29, 0.717) is 0 Å². The highest BCUT2D eigenvalue weighted by Crippen LogP contribution is 2.09. The highest BCUT2D eigenvalue weighted by Gasteiger charge is 1.97. The zero-order valence-electron chi connectivity index (χ0n) is 9.15. The predicted molar refractivity (Wildman–Crippen MR) is 65.2 cm³/mol. The summed E-state index contributed by atoms with van der Waals surface area (Å²) in [5.74, 6) is 0. The zero-order chi connectivity index (χ0) is 11.4. The first kappa shape index (κ1) is 11.2. The maximum Gasteiger partial charge on any atom is 0.0518 e. The SMILES string of the molecule is Cn1nccc1CNCc1ccc(Cl)cc1. The van der Waals surface area contributed by atoms with E-state index >= 15 is 0 Å². The van der Waals surface area contributed by atoms with Crippen molar-refractivity contribution in [2.75, 3.05) is 0 Å². The number of aromatic nitrogens is 2. The molecule has 1 aromatic carbocycles. The Morgan fingerprint density at radius 1 is 1.19 bits per heavy atom. The number of halogens is 1. The molecule has 16 heavy (non-hydrogen) atoms. The van der Waals surface area contributed by atoms with Gasteiger partial charge in [-0.05, 0) is 23.8 Å². The van der Waals surface area contributed by atoms with Gasteiger partial charge in [-0.25, -0.2) is 0 Å². The molecule has 4 heteroatoms. The number of aryl methyl sites for hydroxylation is 1. The minimum absolute atomic E-state index is 0.774. The molecule has 0 aliphatic rings. The van der Waals surface area contributed by atoms with Gasteiger partial charge >= 0.3 is 0 Å². The number of hydrogen-bond donors (Lipinski definition) is 1. The van der Waals surface area contributed by atoms with E-state index in [1.54, 1.807) is 6.20 Å². The molecule has 1 aromatic heterocycles. The molecule has 0 unspecified atom stereocenters. The lowest BCUT2D eigenvalue weighted by Crippen LogP contribution is -2.15. The van der Waals surface area contributed by atoms with Crippen LogP contribution in [-0.2, 0) is 20.1 Å². The van der Waals surface area contributed by atoms with Gasteiger partial charge in [-0.15, -0.1) is 0 Å². The van der Waals surface area contributed by atoms with Crippen LogP contribution < -0.4 is 5.32 Å². The lowest BCUT2D eigenvalue weighted by Gasteiger charge is -2.05. The third kappa shape index (κ3) is 2.84. The van der Waals surface area contributed by atoms with E-state index in [2.05, 4.69) is 10.4 Å². The Labute approximate surface area is 100 Å². The van der Waals surface area contributed by atoms with E-state index in [0.717, 1.165) is 18.1 Å². The van der Waals surface area contributed by atoms with E-state index in [4.69, 9.17) is 11.6 Å². The van der Waals surface area contributed by atoms with E-state index in [9.17, 15) is 0 Å². The summed E-state index contributed by atoms with van der Waals surface area (Å²) in [6.45, 7) is 1.65. The summed E-state index contributed by atoms with van der Waals surface area (Å²) in [4.78, 5) is 0. The zero-order valence-corrected chi connectivity index (χ0v) is 9.91. The Balaban J connectivity index is 1.84. The molecule has 0 spiro atoms. The van der Waals surface area contributed by atoms with Crippen LogP contribution in [-0.4, -0.2) is 9.78 Å². The molecule has 0 amide bonds. The number of rotatable bonds is 4. The summed E-state index contributed by atoms with van der Waals surface area (Å²) in [6.07, 6.45) is 1.80. The van der Waals surface area contributed by atoms with Crippen LogP contribution in [0.3, 0.4) is 0 Å². The van der Waals surface area contributed by atoms with Crippen LogP contribution in [0.1, 0.15) is 11.3 Å². The van der Waals surface area contributed by atoms with Gasteiger partial charge in [0.15, 0.2) is 0 Å². The Hall–Kier alpha value is -1.32. The molecule has 2 aromatic rings. The Bertz CT molecular complexity index is 448. The van der Waals surface area contributed by atoms with E-state index < -0.39 is 0 Å². The van der Waals surface area contributed by atoms with E-state index in [1.165, 1.54) is 11.3 Å². The fourth-order valence-corrected chi connectivity index (χ4v) is 1.64. The van der Waals surface area contributed by atoms with Crippen molar-refractivity contribution >= 4 is 11.6 Å². The predicted octanol–water partition coefficient (Wildman–Crippen LogP) is 2.36. The topological polar surface area (TPSA) is 29.9 Å². The summed E-state index contributed by atoms with van der Waals surface area (Å²) in [5.41, 5.74) is 2.40. The number of nitrogens with zero attached hydrogens (tertiary/aromatic N) is 2. The van der Waals surface area contributed by atoms with Crippen LogP contribution in [0.15, 0.2) is 36.5 Å². The number of benzene rings is 1. The van der Waals surface area contributed by atoms with Crippen LogP contribution in [0.2, 0.25) is 5.02 Å². The first-order valence-corrected chi connectivity index (χ1v) is 5.55. The molecule has 3 nitrogen and oxygen atoms in total. The molecule has 1 heterocycles. The van der Waals surface area contributed by atoms with Gasteiger partial charge in [0, 0.05) is 31.4 Å². The van der Waals surface area contributed by atoms with Gasteiger partial charge < -0.3 is 5.32 Å². The Kier molecular flexibility index (Phi) is 3.59. The van der Waals surface area contributed by atoms with Crippen LogP contribution in [0.25, 0.3) is 0 Å². The number of nitrogens with one attached hydrogen (secondary N) is 1. The standard InChI is InChI=1S/C12H14ClN3/c1-16-12(6-7-15-16)9-14-8-10-2-4-11(13)5-3-10/h2-7,14H,8-9H2,1H3. The van der Waals surface area contributed by atoms with E-state index in [-0.39, 0.29) is 0 Å². The molecule has 0 bridgehead atoms. The average molecular weight is 236 g/mol. The highest BCUT2D eigenvalue weighted by atomic mass is 35.5. The Morgan fingerprint density at radius 2 is 1.94 bits per heavy atom. The van der Waals surface area contributed by atoms with Crippen LogP contribution in [0.4, 0.5) is 0 Å². The molecular formula is C12H14ClN3. The first-order valence-electron chi connectivity index (χ1n) is 5.18. The maximum absolute atomic E-state index is 5.82. The summed E-state index contributed by atoms with van der Waals surface area (Å²) in [5, 5.41) is 8.25. The molecule has 0 aliphatic carbocycles. The molecule has 0 aliphatic heterocycles. The van der Waals surface area contributed by atoms with Gasteiger partial charge in [0.2, 0.25) is 0 Å². The molecule has 0 atom stereocenters. The van der Waals surface area contributed by atoms with Gasteiger partial charge in [0.1, 0.15) is 0 Å². The van der Waals surface area contributed by atoms with Crippen molar-refractivity contribution in [3.05, 3.63) is 52.8 Å². The lowest BCUT2D eigenvalue weighted by molar-refractivity contribution is 0.626. The molecule has 0 radical (unpaired) electrons. The summed E-state index contributed by atoms with van der Waals surface area (Å²) >= 11 is 5.82. The van der Waals surface area contributed by atoms with Gasteiger partial charge in [-0.3, -0.25) is 4.68 Å². The van der Waals surface area contributed by atoms with Crippen molar-refractivity contribution in [1.82, 2.24) is 15.1 Å². The molecule has 0 saturated heterocycles. The van der Waals surface area contributed by atoms with Gasteiger partial charge in [0.25, 0.3) is 0 Å². The first-order chi connectivity index (χ1) is 7.75. The average Bonchev–Trinajstić information content (AvgIpc) is 2.68. The fraction of sp³-hybridized carbons (Fsp3) is 0.250. The largest absolute Gasteiger partial charge is 0.307 e. The van der Waals surface area contributed by atoms with Crippen molar-refractivity contribution in [2.45, 2.75) is 13.1 Å². The Morgan fingerprint density at radius 3 is 2.56 bits per heavy atom. The van der Waals surface area contributed by atoms with Crippen LogP contribution in [0.5, 0.6) is 0 Å². The summed E-state index contributed by atoms with van der Waals surface area (Å²) in [6, 6.07) is 9.87. The molecule has 0 saturated carbocycles. The molecule has 84 valence electrons. The molecule has 1 N–H and O–H groups in total. The monoisotopic (exact) mass is 235 g/mol. The second-order valence-corrected chi connectivity index (χ2v) is 4.11. The minimum Gasteiger partial charge on any atom is -0.307 e. The van der Waals surface area contributed by atoms with Crippen LogP contribution >= 0.6 is 11.6 Å².